The van der Waals surface area contributed by atoms with Crippen LogP contribution < -0.4 is 0 Å². The molecule has 56 valence electrons. The zero-order chi connectivity index (χ0) is 7.84. The summed E-state index contributed by atoms with van der Waals surface area (Å²) in [6.45, 7) is 1.94. The molecule has 2 heterocycles. The average molecular weight is 229 g/mol. The van der Waals surface area contributed by atoms with Crippen molar-refractivity contribution in [2.24, 2.45) is 0 Å². The Morgan fingerprint density at radius 2 is 2.27 bits per heavy atom. The number of hydrogen-bond acceptors (Lipinski definition) is 3. The van der Waals surface area contributed by atoms with Crippen LogP contribution in [0.3, 0.4) is 0 Å². The van der Waals surface area contributed by atoms with Crippen LogP contribution in [0, 0.1) is 6.92 Å². The highest BCUT2D eigenvalue weighted by atomic mass is 79.9. The zero-order valence-corrected chi connectivity index (χ0v) is 8.24. The Kier molecular flexibility index (Phi) is 1.65. The van der Waals surface area contributed by atoms with Gasteiger partial charge in [0.1, 0.15) is 15.0 Å². The van der Waals surface area contributed by atoms with E-state index in [0.717, 1.165) is 20.6 Å². The molecule has 0 atom stereocenters. The van der Waals surface area contributed by atoms with Crippen molar-refractivity contribution in [3.8, 4) is 0 Å². The molecule has 0 amide bonds. The van der Waals surface area contributed by atoms with Crippen molar-refractivity contribution in [1.29, 1.82) is 0 Å². The van der Waals surface area contributed by atoms with E-state index in [4.69, 9.17) is 0 Å². The van der Waals surface area contributed by atoms with Gasteiger partial charge in [-0.15, -0.1) is 11.3 Å². The monoisotopic (exact) mass is 228 g/mol. The molecule has 0 saturated heterocycles. The van der Waals surface area contributed by atoms with Crippen molar-refractivity contribution in [3.63, 3.8) is 0 Å². The van der Waals surface area contributed by atoms with Gasteiger partial charge in [-0.05, 0) is 34.3 Å². The molecule has 2 nitrogen and oxygen atoms in total. The zero-order valence-electron chi connectivity index (χ0n) is 5.84. The van der Waals surface area contributed by atoms with E-state index in [1.807, 2.05) is 18.4 Å². The normalized spacial score (nSPS) is 10.7. The fourth-order valence-electron chi connectivity index (χ4n) is 0.848. The van der Waals surface area contributed by atoms with Gasteiger partial charge in [-0.25, -0.2) is 9.97 Å². The molecule has 2 aromatic heterocycles. The molecule has 0 saturated carbocycles. The summed E-state index contributed by atoms with van der Waals surface area (Å²) in [6, 6.07) is 1.97. The van der Waals surface area contributed by atoms with Crippen molar-refractivity contribution < 1.29 is 0 Å². The van der Waals surface area contributed by atoms with Crippen molar-refractivity contribution >= 4 is 37.6 Å². The second kappa shape index (κ2) is 2.53. The Balaban J connectivity index is 2.86. The van der Waals surface area contributed by atoms with E-state index in [1.54, 1.807) is 11.3 Å². The lowest BCUT2D eigenvalue weighted by atomic mass is 10.5. The number of aryl methyl sites for hydroxylation is 1. The number of halogens is 1. The van der Waals surface area contributed by atoms with Crippen LogP contribution in [-0.4, -0.2) is 9.97 Å². The molecular weight excluding hydrogens is 224 g/mol. The molecule has 0 spiro atoms. The lowest BCUT2D eigenvalue weighted by Crippen LogP contribution is -1.85. The first-order valence-corrected chi connectivity index (χ1v) is 4.82. The van der Waals surface area contributed by atoms with Gasteiger partial charge in [0.15, 0.2) is 0 Å². The molecule has 0 aliphatic heterocycles. The van der Waals surface area contributed by atoms with Gasteiger partial charge in [-0.3, -0.25) is 0 Å². The number of thiophene rings is 1. The number of aromatic nitrogens is 2. The number of nitrogens with zero attached hydrogens (tertiary/aromatic N) is 2. The molecule has 0 unspecified atom stereocenters. The summed E-state index contributed by atoms with van der Waals surface area (Å²) in [5.41, 5.74) is 1.91. The largest absolute Gasteiger partial charge is 0.238 e. The molecule has 2 rings (SSSR count). The summed E-state index contributed by atoms with van der Waals surface area (Å²) in [7, 11) is 0. The summed E-state index contributed by atoms with van der Waals surface area (Å²) in [5, 5.41) is 2.00. The quantitative estimate of drug-likeness (QED) is 0.694. The lowest BCUT2D eigenvalue weighted by Gasteiger charge is -1.94. The third-order valence-corrected chi connectivity index (χ3v) is 2.96. The van der Waals surface area contributed by atoms with E-state index < -0.39 is 0 Å². The SMILES string of the molecule is Cc1nc2sccc2nc1Br. The Morgan fingerprint density at radius 1 is 1.45 bits per heavy atom. The Hall–Kier alpha value is -0.480. The third-order valence-electron chi connectivity index (χ3n) is 1.41. The van der Waals surface area contributed by atoms with Crippen LogP contribution in [0.25, 0.3) is 10.3 Å². The molecule has 0 fully saturated rings. The molecule has 0 bridgehead atoms. The number of fused-ring (bicyclic) bond motifs is 1. The first-order valence-electron chi connectivity index (χ1n) is 3.15. The standard InChI is InChI=1S/C7H5BrN2S/c1-4-6(8)10-5-2-3-11-7(5)9-4/h2-3H,1H3. The summed E-state index contributed by atoms with van der Waals surface area (Å²) in [5.74, 6) is 0. The van der Waals surface area contributed by atoms with Crippen molar-refractivity contribution in [2.45, 2.75) is 6.92 Å². The topological polar surface area (TPSA) is 25.8 Å². The van der Waals surface area contributed by atoms with Crippen LogP contribution in [0.5, 0.6) is 0 Å². The summed E-state index contributed by atoms with van der Waals surface area (Å²) >= 11 is 4.95. The smallest absolute Gasteiger partial charge is 0.142 e. The average Bonchev–Trinajstić information content (AvgIpc) is 2.36. The van der Waals surface area contributed by atoms with E-state index in [0.29, 0.717) is 0 Å². The van der Waals surface area contributed by atoms with Crippen LogP contribution in [0.2, 0.25) is 0 Å². The van der Waals surface area contributed by atoms with Crippen LogP contribution >= 0.6 is 27.3 Å². The highest BCUT2D eigenvalue weighted by molar-refractivity contribution is 9.10. The van der Waals surface area contributed by atoms with Gasteiger partial charge in [0.2, 0.25) is 0 Å². The van der Waals surface area contributed by atoms with Crippen LogP contribution in [0.4, 0.5) is 0 Å². The molecule has 0 radical (unpaired) electrons. The van der Waals surface area contributed by atoms with E-state index in [2.05, 4.69) is 25.9 Å². The maximum atomic E-state index is 4.34. The fraction of sp³-hybridized carbons (Fsp3) is 0.143. The van der Waals surface area contributed by atoms with Gasteiger partial charge in [0, 0.05) is 0 Å². The minimum Gasteiger partial charge on any atom is -0.238 e. The molecule has 4 heteroatoms. The van der Waals surface area contributed by atoms with E-state index in [-0.39, 0.29) is 0 Å². The van der Waals surface area contributed by atoms with Gasteiger partial charge >= 0.3 is 0 Å². The number of rotatable bonds is 0. The highest BCUT2D eigenvalue weighted by Gasteiger charge is 2.01. The molecule has 2 aromatic rings. The van der Waals surface area contributed by atoms with E-state index in [1.165, 1.54) is 0 Å². The minimum absolute atomic E-state index is 0.836. The molecule has 0 aromatic carbocycles. The van der Waals surface area contributed by atoms with E-state index >= 15 is 0 Å². The Labute approximate surface area is 76.4 Å². The van der Waals surface area contributed by atoms with Crippen LogP contribution in [-0.2, 0) is 0 Å². The summed E-state index contributed by atoms with van der Waals surface area (Å²) in [4.78, 5) is 9.65. The van der Waals surface area contributed by atoms with Crippen LogP contribution in [0.1, 0.15) is 5.69 Å². The Morgan fingerprint density at radius 3 is 3.09 bits per heavy atom. The highest BCUT2D eigenvalue weighted by Crippen LogP contribution is 2.20. The third kappa shape index (κ3) is 1.16. The molecular formula is C7H5BrN2S. The fourth-order valence-corrected chi connectivity index (χ4v) is 1.88. The maximum Gasteiger partial charge on any atom is 0.142 e. The molecule has 11 heavy (non-hydrogen) atoms. The summed E-state index contributed by atoms with van der Waals surface area (Å²) < 4.78 is 0.836. The molecule has 0 aliphatic rings. The second-order valence-electron chi connectivity index (χ2n) is 2.21. The van der Waals surface area contributed by atoms with Crippen LogP contribution in [0.15, 0.2) is 16.0 Å². The molecule has 0 N–H and O–H groups in total. The first kappa shape index (κ1) is 7.18. The van der Waals surface area contributed by atoms with Gasteiger partial charge < -0.3 is 0 Å². The van der Waals surface area contributed by atoms with Gasteiger partial charge in [-0.2, -0.15) is 0 Å². The second-order valence-corrected chi connectivity index (χ2v) is 3.86. The van der Waals surface area contributed by atoms with Crippen molar-refractivity contribution in [2.75, 3.05) is 0 Å². The first-order chi connectivity index (χ1) is 5.27. The molecule has 0 aliphatic carbocycles. The predicted molar refractivity (Wildman–Crippen MR) is 49.9 cm³/mol. The Bertz CT molecular complexity index is 360. The van der Waals surface area contributed by atoms with Crippen molar-refractivity contribution in [3.05, 3.63) is 21.7 Å². The predicted octanol–water partition coefficient (Wildman–Crippen LogP) is 2.76. The van der Waals surface area contributed by atoms with E-state index in [9.17, 15) is 0 Å². The van der Waals surface area contributed by atoms with Gasteiger partial charge in [-0.1, -0.05) is 0 Å². The van der Waals surface area contributed by atoms with Gasteiger partial charge in [0.25, 0.3) is 0 Å². The summed E-state index contributed by atoms with van der Waals surface area (Å²) in [6.07, 6.45) is 0. The van der Waals surface area contributed by atoms with Crippen molar-refractivity contribution in [1.82, 2.24) is 9.97 Å². The minimum atomic E-state index is 0.836. The number of hydrogen-bond donors (Lipinski definition) is 0. The maximum absolute atomic E-state index is 4.34. The van der Waals surface area contributed by atoms with Gasteiger partial charge in [0.05, 0.1) is 5.69 Å². The lowest BCUT2D eigenvalue weighted by molar-refractivity contribution is 1.16.